The number of carbonyl (C=O) groups is 1. The van der Waals surface area contributed by atoms with E-state index in [9.17, 15) is 4.79 Å². The smallest absolute Gasteiger partial charge is 0.150 e. The van der Waals surface area contributed by atoms with Crippen molar-refractivity contribution in [3.8, 4) is 16.9 Å². The number of benzene rings is 2. The zero-order chi connectivity index (χ0) is 16.1. The van der Waals surface area contributed by atoms with E-state index < -0.39 is 0 Å². The van der Waals surface area contributed by atoms with Crippen molar-refractivity contribution < 1.29 is 9.53 Å². The van der Waals surface area contributed by atoms with Crippen molar-refractivity contribution in [3.63, 3.8) is 0 Å². The van der Waals surface area contributed by atoms with Crippen LogP contribution in [0.15, 0.2) is 67.0 Å². The van der Waals surface area contributed by atoms with Gasteiger partial charge in [0.25, 0.3) is 0 Å². The molecule has 0 aliphatic heterocycles. The van der Waals surface area contributed by atoms with Crippen molar-refractivity contribution >= 4 is 6.29 Å². The molecule has 3 aromatic rings. The Labute approximate surface area is 135 Å². The van der Waals surface area contributed by atoms with Crippen molar-refractivity contribution in [1.82, 2.24) is 4.98 Å². The number of aldehydes is 1. The molecule has 3 nitrogen and oxygen atoms in total. The van der Waals surface area contributed by atoms with Crippen molar-refractivity contribution in [3.05, 3.63) is 83.7 Å². The minimum atomic E-state index is 0.454. The molecule has 1 heterocycles. The van der Waals surface area contributed by atoms with E-state index in [-0.39, 0.29) is 0 Å². The number of rotatable bonds is 5. The van der Waals surface area contributed by atoms with Crippen LogP contribution in [0.1, 0.15) is 21.5 Å². The number of carbonyl (C=O) groups excluding carboxylic acids is 1. The average Bonchev–Trinajstić information content (AvgIpc) is 2.61. The molecule has 0 atom stereocenters. The van der Waals surface area contributed by atoms with Crippen LogP contribution in [0.2, 0.25) is 0 Å². The second-order valence-electron chi connectivity index (χ2n) is 5.34. The van der Waals surface area contributed by atoms with Gasteiger partial charge in [0.15, 0.2) is 0 Å². The molecule has 3 rings (SSSR count). The minimum absolute atomic E-state index is 0.454. The van der Waals surface area contributed by atoms with Crippen LogP contribution in [-0.2, 0) is 6.61 Å². The summed E-state index contributed by atoms with van der Waals surface area (Å²) in [6.45, 7) is 2.49. The first-order valence-corrected chi connectivity index (χ1v) is 7.45. The van der Waals surface area contributed by atoms with E-state index in [2.05, 4.69) is 4.98 Å². The summed E-state index contributed by atoms with van der Waals surface area (Å²) in [5.41, 5.74) is 4.74. The third-order valence-electron chi connectivity index (χ3n) is 3.71. The molecule has 0 radical (unpaired) electrons. The quantitative estimate of drug-likeness (QED) is 0.654. The van der Waals surface area contributed by atoms with Crippen molar-refractivity contribution in [2.24, 2.45) is 0 Å². The SMILES string of the molecule is Cc1ccncc1-c1ccc(C=O)cc1OCc1ccccc1. The third kappa shape index (κ3) is 3.46. The summed E-state index contributed by atoms with van der Waals surface area (Å²) in [5, 5.41) is 0. The Kier molecular flexibility index (Phi) is 4.48. The van der Waals surface area contributed by atoms with Crippen molar-refractivity contribution in [1.29, 1.82) is 0 Å². The Morgan fingerprint density at radius 3 is 2.61 bits per heavy atom. The standard InChI is InChI=1S/C20H17NO2/c1-15-9-10-21-12-19(15)18-8-7-17(13-22)11-20(18)23-14-16-5-3-2-4-6-16/h2-13H,14H2,1H3. The number of hydrogen-bond acceptors (Lipinski definition) is 3. The molecule has 0 amide bonds. The zero-order valence-corrected chi connectivity index (χ0v) is 12.9. The minimum Gasteiger partial charge on any atom is -0.488 e. The summed E-state index contributed by atoms with van der Waals surface area (Å²) < 4.78 is 5.99. The normalized spacial score (nSPS) is 10.3. The van der Waals surface area contributed by atoms with Gasteiger partial charge in [-0.3, -0.25) is 9.78 Å². The number of aryl methyl sites for hydroxylation is 1. The molecule has 0 saturated carbocycles. The van der Waals surface area contributed by atoms with Crippen LogP contribution >= 0.6 is 0 Å². The predicted octanol–water partition coefficient (Wildman–Crippen LogP) is 4.45. The van der Waals surface area contributed by atoms with Crippen LogP contribution < -0.4 is 4.74 Å². The maximum atomic E-state index is 11.1. The van der Waals surface area contributed by atoms with Gasteiger partial charge in [-0.1, -0.05) is 36.4 Å². The number of aromatic nitrogens is 1. The summed E-state index contributed by atoms with van der Waals surface area (Å²) in [7, 11) is 0. The van der Waals surface area contributed by atoms with E-state index in [0.29, 0.717) is 17.9 Å². The molecule has 2 aromatic carbocycles. The summed E-state index contributed by atoms with van der Waals surface area (Å²) in [5.74, 6) is 0.689. The Morgan fingerprint density at radius 1 is 1.04 bits per heavy atom. The highest BCUT2D eigenvalue weighted by Crippen LogP contribution is 2.32. The first kappa shape index (κ1) is 15.0. The molecule has 0 fully saturated rings. The number of ether oxygens (including phenoxy) is 1. The fourth-order valence-corrected chi connectivity index (χ4v) is 2.44. The predicted molar refractivity (Wildman–Crippen MR) is 90.6 cm³/mol. The van der Waals surface area contributed by atoms with E-state index >= 15 is 0 Å². The first-order valence-electron chi connectivity index (χ1n) is 7.45. The largest absolute Gasteiger partial charge is 0.488 e. The van der Waals surface area contributed by atoms with Crippen LogP contribution in [0.4, 0.5) is 0 Å². The molecule has 0 bridgehead atoms. The lowest BCUT2D eigenvalue weighted by atomic mass is 10.0. The highest BCUT2D eigenvalue weighted by atomic mass is 16.5. The van der Waals surface area contributed by atoms with Gasteiger partial charge in [-0.15, -0.1) is 0 Å². The fourth-order valence-electron chi connectivity index (χ4n) is 2.44. The van der Waals surface area contributed by atoms with E-state index in [1.807, 2.05) is 55.6 Å². The van der Waals surface area contributed by atoms with Crippen LogP contribution in [0.3, 0.4) is 0 Å². The van der Waals surface area contributed by atoms with Crippen LogP contribution in [0.25, 0.3) is 11.1 Å². The molecule has 0 aliphatic carbocycles. The molecule has 0 N–H and O–H groups in total. The van der Waals surface area contributed by atoms with Gasteiger partial charge in [0.05, 0.1) is 0 Å². The Hall–Kier alpha value is -2.94. The summed E-state index contributed by atoms with van der Waals surface area (Å²) in [6, 6.07) is 17.4. The van der Waals surface area contributed by atoms with Gasteiger partial charge in [0.2, 0.25) is 0 Å². The van der Waals surface area contributed by atoms with E-state index in [0.717, 1.165) is 28.5 Å². The molecular formula is C20H17NO2. The first-order chi connectivity index (χ1) is 11.3. The number of pyridine rings is 1. The second-order valence-corrected chi connectivity index (χ2v) is 5.34. The van der Waals surface area contributed by atoms with Crippen LogP contribution in [0, 0.1) is 6.92 Å². The summed E-state index contributed by atoms with van der Waals surface area (Å²) >= 11 is 0. The molecule has 0 saturated heterocycles. The maximum absolute atomic E-state index is 11.1. The lowest BCUT2D eigenvalue weighted by Gasteiger charge is -2.14. The number of hydrogen-bond donors (Lipinski definition) is 0. The van der Waals surface area contributed by atoms with Crippen LogP contribution in [-0.4, -0.2) is 11.3 Å². The van der Waals surface area contributed by atoms with Gasteiger partial charge in [-0.05, 0) is 36.2 Å². The summed E-state index contributed by atoms with van der Waals surface area (Å²) in [4.78, 5) is 15.3. The second kappa shape index (κ2) is 6.88. The Morgan fingerprint density at radius 2 is 1.87 bits per heavy atom. The van der Waals surface area contributed by atoms with Gasteiger partial charge in [0, 0.05) is 29.1 Å². The average molecular weight is 303 g/mol. The molecule has 1 aromatic heterocycles. The van der Waals surface area contributed by atoms with Gasteiger partial charge in [-0.2, -0.15) is 0 Å². The van der Waals surface area contributed by atoms with Gasteiger partial charge in [-0.25, -0.2) is 0 Å². The maximum Gasteiger partial charge on any atom is 0.150 e. The molecular weight excluding hydrogens is 286 g/mol. The Balaban J connectivity index is 1.96. The van der Waals surface area contributed by atoms with Crippen LogP contribution in [0.5, 0.6) is 5.75 Å². The molecule has 23 heavy (non-hydrogen) atoms. The van der Waals surface area contributed by atoms with E-state index in [4.69, 9.17) is 4.74 Å². The summed E-state index contributed by atoms with van der Waals surface area (Å²) in [6.07, 6.45) is 4.42. The van der Waals surface area contributed by atoms with Crippen molar-refractivity contribution in [2.45, 2.75) is 13.5 Å². The molecule has 114 valence electrons. The van der Waals surface area contributed by atoms with Gasteiger partial charge < -0.3 is 4.74 Å². The molecule has 0 unspecified atom stereocenters. The highest BCUT2D eigenvalue weighted by Gasteiger charge is 2.10. The highest BCUT2D eigenvalue weighted by molar-refractivity contribution is 5.81. The van der Waals surface area contributed by atoms with E-state index in [1.165, 1.54) is 0 Å². The zero-order valence-electron chi connectivity index (χ0n) is 12.9. The lowest BCUT2D eigenvalue weighted by Crippen LogP contribution is -1.98. The van der Waals surface area contributed by atoms with Gasteiger partial charge >= 0.3 is 0 Å². The molecule has 0 aliphatic rings. The molecule has 3 heteroatoms. The topological polar surface area (TPSA) is 39.2 Å². The fraction of sp³-hybridized carbons (Fsp3) is 0.100. The molecule has 0 spiro atoms. The monoisotopic (exact) mass is 303 g/mol. The Bertz CT molecular complexity index is 813. The third-order valence-corrected chi connectivity index (χ3v) is 3.71. The van der Waals surface area contributed by atoms with Crippen molar-refractivity contribution in [2.75, 3.05) is 0 Å². The van der Waals surface area contributed by atoms with Gasteiger partial charge in [0.1, 0.15) is 18.6 Å². The lowest BCUT2D eigenvalue weighted by molar-refractivity contribution is 0.112. The van der Waals surface area contributed by atoms with E-state index in [1.54, 1.807) is 18.3 Å². The number of nitrogens with zero attached hydrogens (tertiary/aromatic N) is 1.